The molecule has 0 saturated heterocycles. The van der Waals surface area contributed by atoms with Gasteiger partial charge < -0.3 is 15.2 Å². The Kier molecular flexibility index (Phi) is 5.35. The second-order valence-corrected chi connectivity index (χ2v) is 6.60. The third kappa shape index (κ3) is 4.49. The Hall–Kier alpha value is -3.52. The second-order valence-electron chi connectivity index (χ2n) is 6.60. The number of hydrogen-bond acceptors (Lipinski definition) is 6. The highest BCUT2D eigenvalue weighted by atomic mass is 19.1. The number of H-pyrrole nitrogens is 1. The van der Waals surface area contributed by atoms with Gasteiger partial charge in [-0.15, -0.1) is 0 Å². The number of hydrogen-bond donors (Lipinski definition) is 3. The molecule has 0 aliphatic rings. The Morgan fingerprint density at radius 2 is 1.93 bits per heavy atom. The molecule has 7 nitrogen and oxygen atoms in total. The summed E-state index contributed by atoms with van der Waals surface area (Å²) in [4.78, 5) is 9.32. The highest BCUT2D eigenvalue weighted by Crippen LogP contribution is 2.27. The van der Waals surface area contributed by atoms with Gasteiger partial charge in [-0.2, -0.15) is 5.10 Å². The number of aromatic amines is 1. The van der Waals surface area contributed by atoms with E-state index in [0.29, 0.717) is 35.1 Å². The summed E-state index contributed by atoms with van der Waals surface area (Å²) in [5.74, 6) is 2.18. The normalized spacial score (nSPS) is 11.0. The lowest BCUT2D eigenvalue weighted by atomic mass is 10.1. The van der Waals surface area contributed by atoms with Crippen molar-refractivity contribution in [3.8, 4) is 5.75 Å². The zero-order chi connectivity index (χ0) is 20.2. The monoisotopic (exact) mass is 393 g/mol. The molecule has 0 fully saturated rings. The molecule has 8 heteroatoms. The number of aromatic nitrogens is 4. The van der Waals surface area contributed by atoms with Gasteiger partial charge in [-0.1, -0.05) is 12.1 Å². The van der Waals surface area contributed by atoms with Crippen LogP contribution in [0.5, 0.6) is 5.75 Å². The number of benzene rings is 2. The molecule has 0 bridgehead atoms. The van der Waals surface area contributed by atoms with Crippen LogP contribution in [-0.4, -0.2) is 38.5 Å². The van der Waals surface area contributed by atoms with Crippen LogP contribution in [0, 0.1) is 12.7 Å². The van der Waals surface area contributed by atoms with Crippen molar-refractivity contribution >= 4 is 22.5 Å². The maximum atomic E-state index is 13.2. The molecule has 0 aliphatic carbocycles. The molecule has 4 rings (SSSR count). The number of ether oxygens (including phenoxy) is 1. The number of nitrogens with zero attached hydrogens (tertiary/aromatic N) is 3. The molecule has 0 spiro atoms. The van der Waals surface area contributed by atoms with Crippen molar-refractivity contribution in [2.75, 3.05) is 18.5 Å². The van der Waals surface area contributed by atoms with Crippen LogP contribution in [0.15, 0.2) is 48.5 Å². The molecule has 0 atom stereocenters. The minimum Gasteiger partial charge on any atom is -0.491 e. The molecule has 3 N–H and O–H groups in total. The summed E-state index contributed by atoms with van der Waals surface area (Å²) in [6, 6.07) is 13.6. The van der Waals surface area contributed by atoms with Gasteiger partial charge in [0.25, 0.3) is 0 Å². The average Bonchev–Trinajstić information content (AvgIpc) is 3.12. The molecular formula is C21H20FN5O2. The number of fused-ring (bicyclic) bond motifs is 1. The molecule has 0 radical (unpaired) electrons. The van der Waals surface area contributed by atoms with Gasteiger partial charge in [0.05, 0.1) is 12.1 Å². The number of rotatable bonds is 7. The van der Waals surface area contributed by atoms with E-state index in [2.05, 4.69) is 25.5 Å². The quantitative estimate of drug-likeness (QED) is 0.445. The molecule has 0 aliphatic heterocycles. The lowest BCUT2D eigenvalue weighted by Crippen LogP contribution is -2.04. The van der Waals surface area contributed by atoms with E-state index < -0.39 is 0 Å². The largest absolute Gasteiger partial charge is 0.491 e. The number of anilines is 2. The Balaban J connectivity index is 1.73. The Morgan fingerprint density at radius 3 is 2.66 bits per heavy atom. The van der Waals surface area contributed by atoms with Gasteiger partial charge >= 0.3 is 0 Å². The third-order valence-electron chi connectivity index (χ3n) is 4.30. The zero-order valence-corrected chi connectivity index (χ0v) is 15.8. The summed E-state index contributed by atoms with van der Waals surface area (Å²) in [5, 5.41) is 20.1. The van der Waals surface area contributed by atoms with Crippen LogP contribution >= 0.6 is 0 Å². The fourth-order valence-corrected chi connectivity index (χ4v) is 2.97. The summed E-state index contributed by atoms with van der Waals surface area (Å²) in [7, 11) is 0. The van der Waals surface area contributed by atoms with Crippen molar-refractivity contribution in [1.82, 2.24) is 20.2 Å². The van der Waals surface area contributed by atoms with Crippen LogP contribution in [0.1, 0.15) is 17.1 Å². The Bertz CT molecular complexity index is 1130. The van der Waals surface area contributed by atoms with Crippen LogP contribution < -0.4 is 10.1 Å². The predicted molar refractivity (Wildman–Crippen MR) is 108 cm³/mol. The van der Waals surface area contributed by atoms with Crippen molar-refractivity contribution in [3.05, 3.63) is 71.4 Å². The van der Waals surface area contributed by atoms with Gasteiger partial charge in [0, 0.05) is 29.6 Å². The van der Waals surface area contributed by atoms with Gasteiger partial charge in [-0.25, -0.2) is 14.4 Å². The summed E-state index contributed by atoms with van der Waals surface area (Å²) >= 11 is 0. The number of halogens is 1. The third-order valence-corrected chi connectivity index (χ3v) is 4.30. The Morgan fingerprint density at radius 1 is 1.10 bits per heavy atom. The maximum Gasteiger partial charge on any atom is 0.153 e. The molecule has 2 aromatic carbocycles. The molecule has 148 valence electrons. The summed E-state index contributed by atoms with van der Waals surface area (Å²) in [6.45, 7) is 2.06. The van der Waals surface area contributed by atoms with E-state index in [1.165, 1.54) is 12.1 Å². The van der Waals surface area contributed by atoms with Crippen molar-refractivity contribution in [1.29, 1.82) is 0 Å². The van der Waals surface area contributed by atoms with Crippen molar-refractivity contribution in [2.24, 2.45) is 0 Å². The number of aliphatic hydroxyl groups is 1. The molecule has 2 heterocycles. The minimum absolute atomic E-state index is 0.0665. The van der Waals surface area contributed by atoms with E-state index in [1.54, 1.807) is 12.1 Å². The van der Waals surface area contributed by atoms with Gasteiger partial charge in [0.2, 0.25) is 0 Å². The topological polar surface area (TPSA) is 96.0 Å². The number of aryl methyl sites for hydroxylation is 1. The van der Waals surface area contributed by atoms with Gasteiger partial charge in [-0.05, 0) is 36.8 Å². The van der Waals surface area contributed by atoms with Crippen LogP contribution in [-0.2, 0) is 6.42 Å². The highest BCUT2D eigenvalue weighted by Gasteiger charge is 2.11. The first-order valence-electron chi connectivity index (χ1n) is 9.18. The number of aliphatic hydroxyl groups excluding tert-OH is 1. The summed E-state index contributed by atoms with van der Waals surface area (Å²) in [6.07, 6.45) is 0.451. The summed E-state index contributed by atoms with van der Waals surface area (Å²) < 4.78 is 18.7. The van der Waals surface area contributed by atoms with Crippen LogP contribution in [0.4, 0.5) is 16.0 Å². The summed E-state index contributed by atoms with van der Waals surface area (Å²) in [5.41, 5.74) is 2.53. The van der Waals surface area contributed by atoms with Gasteiger partial charge in [0.15, 0.2) is 5.82 Å². The van der Waals surface area contributed by atoms with Crippen molar-refractivity contribution in [3.63, 3.8) is 0 Å². The molecule has 4 aromatic rings. The van der Waals surface area contributed by atoms with E-state index in [0.717, 1.165) is 16.6 Å². The average molecular weight is 393 g/mol. The molecular weight excluding hydrogens is 373 g/mol. The molecule has 0 saturated carbocycles. The second kappa shape index (κ2) is 8.24. The predicted octanol–water partition coefficient (Wildman–Crippen LogP) is 3.51. The van der Waals surface area contributed by atoms with Crippen LogP contribution in [0.25, 0.3) is 10.9 Å². The van der Waals surface area contributed by atoms with E-state index in [9.17, 15) is 4.39 Å². The smallest absolute Gasteiger partial charge is 0.153 e. The van der Waals surface area contributed by atoms with E-state index in [4.69, 9.17) is 9.84 Å². The first kappa shape index (κ1) is 18.8. The van der Waals surface area contributed by atoms with E-state index in [1.807, 2.05) is 31.2 Å². The molecule has 29 heavy (non-hydrogen) atoms. The first-order chi connectivity index (χ1) is 14.1. The van der Waals surface area contributed by atoms with Gasteiger partial charge in [-0.3, -0.25) is 5.10 Å². The Labute approximate surface area is 166 Å². The van der Waals surface area contributed by atoms with E-state index >= 15 is 0 Å². The van der Waals surface area contributed by atoms with Crippen LogP contribution in [0.2, 0.25) is 0 Å². The standard InChI is InChI=1S/C21H20FN5O2/c1-13-10-20(27-26-13)25-21-17-7-6-16(29-9-8-28)12-18(17)23-19(24-21)11-14-2-4-15(22)5-3-14/h2-7,10,12,28H,8-9,11H2,1H3,(H2,23,24,25,26,27). The van der Waals surface area contributed by atoms with Crippen molar-refractivity contribution < 1.29 is 14.2 Å². The van der Waals surface area contributed by atoms with E-state index in [-0.39, 0.29) is 19.0 Å². The lowest BCUT2D eigenvalue weighted by molar-refractivity contribution is 0.201. The first-order valence-corrected chi connectivity index (χ1v) is 9.18. The van der Waals surface area contributed by atoms with Crippen LogP contribution in [0.3, 0.4) is 0 Å². The van der Waals surface area contributed by atoms with Gasteiger partial charge in [0.1, 0.15) is 29.8 Å². The maximum absolute atomic E-state index is 13.2. The number of nitrogens with one attached hydrogen (secondary N) is 2. The van der Waals surface area contributed by atoms with Crippen molar-refractivity contribution in [2.45, 2.75) is 13.3 Å². The lowest BCUT2D eigenvalue weighted by Gasteiger charge is -2.11. The fraction of sp³-hybridized carbons (Fsp3) is 0.190. The molecule has 0 unspecified atom stereocenters. The highest BCUT2D eigenvalue weighted by molar-refractivity contribution is 5.91. The zero-order valence-electron chi connectivity index (χ0n) is 15.8. The molecule has 2 aromatic heterocycles. The minimum atomic E-state index is -0.282. The molecule has 0 amide bonds. The SMILES string of the molecule is Cc1cc(Nc2nc(Cc3ccc(F)cc3)nc3cc(OCCO)ccc23)n[nH]1. The fourth-order valence-electron chi connectivity index (χ4n) is 2.97.